The first kappa shape index (κ1) is 21.7. The highest BCUT2D eigenvalue weighted by atomic mass is 35.5. The van der Waals surface area contributed by atoms with E-state index in [-0.39, 0.29) is 24.9 Å². The monoisotopic (exact) mass is 409 g/mol. The molecule has 9 heteroatoms. The van der Waals surface area contributed by atoms with Crippen molar-refractivity contribution >= 4 is 35.4 Å². The lowest BCUT2D eigenvalue weighted by Crippen LogP contribution is -2.44. The van der Waals surface area contributed by atoms with Crippen LogP contribution in [0.2, 0.25) is 5.02 Å². The molecule has 2 atom stereocenters. The van der Waals surface area contributed by atoms with E-state index in [0.29, 0.717) is 11.6 Å². The lowest BCUT2D eigenvalue weighted by molar-refractivity contribution is -0.152. The number of carbonyl (C=O) groups excluding carboxylic acids is 4. The van der Waals surface area contributed by atoms with Crippen molar-refractivity contribution in [3.63, 3.8) is 0 Å². The van der Waals surface area contributed by atoms with Gasteiger partial charge in [0, 0.05) is 30.6 Å². The smallest absolute Gasteiger partial charge is 0.321 e. The van der Waals surface area contributed by atoms with Crippen molar-refractivity contribution in [2.45, 2.75) is 39.3 Å². The number of amides is 4. The molecule has 2 rings (SSSR count). The number of halogens is 1. The van der Waals surface area contributed by atoms with Crippen molar-refractivity contribution in [2.24, 2.45) is 5.92 Å². The maximum absolute atomic E-state index is 12.2. The molecule has 0 aromatic heterocycles. The third kappa shape index (κ3) is 6.23. The van der Waals surface area contributed by atoms with E-state index in [1.54, 1.807) is 19.1 Å². The number of likely N-dealkylation sites (tertiary alicyclic amines) is 1. The molecule has 28 heavy (non-hydrogen) atoms. The van der Waals surface area contributed by atoms with Crippen molar-refractivity contribution in [2.75, 3.05) is 13.2 Å². The number of hydrogen-bond acceptors (Lipinski definition) is 5. The first-order chi connectivity index (χ1) is 13.3. The molecule has 1 aliphatic heterocycles. The number of carbonyl (C=O) groups is 4. The lowest BCUT2D eigenvalue weighted by atomic mass is 10.1. The van der Waals surface area contributed by atoms with E-state index in [9.17, 15) is 19.2 Å². The zero-order valence-corrected chi connectivity index (χ0v) is 16.6. The van der Waals surface area contributed by atoms with E-state index in [2.05, 4.69) is 10.6 Å². The van der Waals surface area contributed by atoms with Crippen LogP contribution in [0, 0.1) is 5.92 Å². The molecule has 0 bridgehead atoms. The second kappa shape index (κ2) is 10.1. The predicted molar refractivity (Wildman–Crippen MR) is 102 cm³/mol. The predicted octanol–water partition coefficient (Wildman–Crippen LogP) is 1.86. The van der Waals surface area contributed by atoms with Gasteiger partial charge in [-0.3, -0.25) is 19.7 Å². The first-order valence-corrected chi connectivity index (χ1v) is 9.46. The molecule has 0 radical (unpaired) electrons. The SMILES string of the molecule is CC[C@H](C)NC(=O)NC(=O)COC(=O)[C@@H]1CC(=O)N(Cc2ccccc2Cl)C1. The maximum atomic E-state index is 12.2. The van der Waals surface area contributed by atoms with Gasteiger partial charge in [0.1, 0.15) is 0 Å². The van der Waals surface area contributed by atoms with E-state index < -0.39 is 30.4 Å². The first-order valence-electron chi connectivity index (χ1n) is 9.08. The number of hydrogen-bond donors (Lipinski definition) is 2. The summed E-state index contributed by atoms with van der Waals surface area (Å²) in [5.74, 6) is -2.21. The fourth-order valence-electron chi connectivity index (χ4n) is 2.69. The normalized spacial score (nSPS) is 17.2. The minimum Gasteiger partial charge on any atom is -0.455 e. The maximum Gasteiger partial charge on any atom is 0.321 e. The van der Waals surface area contributed by atoms with Gasteiger partial charge >= 0.3 is 12.0 Å². The van der Waals surface area contributed by atoms with Crippen LogP contribution in [0.3, 0.4) is 0 Å². The van der Waals surface area contributed by atoms with Gasteiger partial charge in [-0.25, -0.2) is 4.79 Å². The highest BCUT2D eigenvalue weighted by molar-refractivity contribution is 6.31. The quantitative estimate of drug-likeness (QED) is 0.669. The molecule has 2 N–H and O–H groups in total. The second-order valence-corrected chi connectivity index (χ2v) is 7.11. The Hall–Kier alpha value is -2.61. The molecule has 4 amide bonds. The van der Waals surface area contributed by atoms with Crippen molar-refractivity contribution < 1.29 is 23.9 Å². The molecule has 1 aliphatic rings. The molecule has 0 aliphatic carbocycles. The van der Waals surface area contributed by atoms with Gasteiger partial charge in [-0.15, -0.1) is 0 Å². The lowest BCUT2D eigenvalue weighted by Gasteiger charge is -2.17. The van der Waals surface area contributed by atoms with Crippen LogP contribution < -0.4 is 10.6 Å². The van der Waals surface area contributed by atoms with Crippen molar-refractivity contribution in [1.29, 1.82) is 0 Å². The summed E-state index contributed by atoms with van der Waals surface area (Å²) in [6, 6.07) is 6.45. The van der Waals surface area contributed by atoms with Crippen molar-refractivity contribution in [3.05, 3.63) is 34.9 Å². The molecule has 0 unspecified atom stereocenters. The molecule has 1 saturated heterocycles. The fourth-order valence-corrected chi connectivity index (χ4v) is 2.89. The van der Waals surface area contributed by atoms with E-state index >= 15 is 0 Å². The third-order valence-electron chi connectivity index (χ3n) is 4.46. The summed E-state index contributed by atoms with van der Waals surface area (Å²) in [4.78, 5) is 49.1. The Morgan fingerprint density at radius 1 is 1.32 bits per heavy atom. The highest BCUT2D eigenvalue weighted by Gasteiger charge is 2.35. The van der Waals surface area contributed by atoms with Gasteiger partial charge in [-0.05, 0) is 25.0 Å². The minimum atomic E-state index is -0.730. The van der Waals surface area contributed by atoms with E-state index in [4.69, 9.17) is 16.3 Å². The minimum absolute atomic E-state index is 0.0133. The summed E-state index contributed by atoms with van der Waals surface area (Å²) in [6.45, 7) is 3.61. The number of ether oxygens (including phenoxy) is 1. The van der Waals surface area contributed by atoms with Gasteiger partial charge in [-0.2, -0.15) is 0 Å². The number of benzene rings is 1. The molecule has 152 valence electrons. The van der Waals surface area contributed by atoms with Crippen LogP contribution in [0.5, 0.6) is 0 Å². The zero-order valence-electron chi connectivity index (χ0n) is 15.9. The van der Waals surface area contributed by atoms with Gasteiger partial charge in [0.2, 0.25) is 5.91 Å². The van der Waals surface area contributed by atoms with Gasteiger partial charge in [0.25, 0.3) is 5.91 Å². The Balaban J connectivity index is 1.79. The molecular formula is C19H24ClN3O5. The summed E-state index contributed by atoms with van der Waals surface area (Å²) in [7, 11) is 0. The Kier molecular flexibility index (Phi) is 7.80. The number of urea groups is 1. The number of nitrogens with one attached hydrogen (secondary N) is 2. The van der Waals surface area contributed by atoms with Crippen molar-refractivity contribution in [3.8, 4) is 0 Å². The number of nitrogens with zero attached hydrogens (tertiary/aromatic N) is 1. The largest absolute Gasteiger partial charge is 0.455 e. The summed E-state index contributed by atoms with van der Waals surface area (Å²) in [6.07, 6.45) is 0.733. The van der Waals surface area contributed by atoms with Crippen LogP contribution in [0.1, 0.15) is 32.3 Å². The average Bonchev–Trinajstić information content (AvgIpc) is 3.02. The topological polar surface area (TPSA) is 105 Å². The Morgan fingerprint density at radius 3 is 2.71 bits per heavy atom. The molecule has 0 saturated carbocycles. The highest BCUT2D eigenvalue weighted by Crippen LogP contribution is 2.24. The van der Waals surface area contributed by atoms with Gasteiger partial charge in [0.15, 0.2) is 6.61 Å². The zero-order chi connectivity index (χ0) is 20.7. The molecule has 1 aromatic carbocycles. The molecular weight excluding hydrogens is 386 g/mol. The summed E-state index contributed by atoms with van der Waals surface area (Å²) in [5.41, 5.74) is 0.790. The standard InChI is InChI=1S/C19H24ClN3O5/c1-3-12(2)21-19(27)22-16(24)11-28-18(26)14-8-17(25)23(10-14)9-13-6-4-5-7-15(13)20/h4-7,12,14H,3,8-11H2,1-2H3,(H2,21,22,24,27)/t12-,14+/m0/s1. The van der Waals surface area contributed by atoms with Gasteiger partial charge < -0.3 is 15.0 Å². The van der Waals surface area contributed by atoms with Crippen LogP contribution >= 0.6 is 11.6 Å². The second-order valence-electron chi connectivity index (χ2n) is 6.71. The summed E-state index contributed by atoms with van der Waals surface area (Å²) < 4.78 is 4.95. The fraction of sp³-hybridized carbons (Fsp3) is 0.474. The van der Waals surface area contributed by atoms with E-state index in [1.807, 2.05) is 19.1 Å². The van der Waals surface area contributed by atoms with Crippen LogP contribution in [0.15, 0.2) is 24.3 Å². The molecule has 1 aromatic rings. The Bertz CT molecular complexity index is 755. The van der Waals surface area contributed by atoms with Crippen LogP contribution in [-0.4, -0.2) is 47.9 Å². The summed E-state index contributed by atoms with van der Waals surface area (Å²) >= 11 is 6.11. The Labute approximate surface area is 168 Å². The number of rotatable bonds is 7. The number of imide groups is 1. The summed E-state index contributed by atoms with van der Waals surface area (Å²) in [5, 5.41) is 5.21. The molecule has 8 nitrogen and oxygen atoms in total. The van der Waals surface area contributed by atoms with Crippen molar-refractivity contribution in [1.82, 2.24) is 15.5 Å². The molecule has 1 heterocycles. The van der Waals surface area contributed by atoms with Gasteiger partial charge in [-0.1, -0.05) is 36.7 Å². The number of esters is 1. The van der Waals surface area contributed by atoms with E-state index in [0.717, 1.165) is 12.0 Å². The van der Waals surface area contributed by atoms with Crippen LogP contribution in [-0.2, 0) is 25.7 Å². The van der Waals surface area contributed by atoms with E-state index in [1.165, 1.54) is 4.90 Å². The van der Waals surface area contributed by atoms with Crippen LogP contribution in [0.4, 0.5) is 4.79 Å². The third-order valence-corrected chi connectivity index (χ3v) is 4.82. The average molecular weight is 410 g/mol. The Morgan fingerprint density at radius 2 is 2.04 bits per heavy atom. The molecule has 0 spiro atoms. The van der Waals surface area contributed by atoms with Gasteiger partial charge in [0.05, 0.1) is 5.92 Å². The van der Waals surface area contributed by atoms with Crippen LogP contribution in [0.25, 0.3) is 0 Å². The molecule has 1 fully saturated rings.